The minimum absolute atomic E-state index is 0.0810. The number of carboxylic acids is 1. The summed E-state index contributed by atoms with van der Waals surface area (Å²) in [6.07, 6.45) is 5.30. The molecule has 0 bridgehead atoms. The van der Waals surface area contributed by atoms with E-state index in [-0.39, 0.29) is 36.6 Å². The molecule has 0 radical (unpaired) electrons. The average molecular weight is 456 g/mol. The normalized spacial score (nSPS) is 22.2. The van der Waals surface area contributed by atoms with Crippen LogP contribution in [0, 0.1) is 18.8 Å². The van der Waals surface area contributed by atoms with Crippen LogP contribution in [-0.4, -0.2) is 63.9 Å². The van der Waals surface area contributed by atoms with Crippen molar-refractivity contribution in [3.05, 3.63) is 35.4 Å². The highest BCUT2D eigenvalue weighted by Gasteiger charge is 2.47. The van der Waals surface area contributed by atoms with Gasteiger partial charge in [-0.25, -0.2) is 0 Å². The second-order valence-corrected chi connectivity index (χ2v) is 9.66. The minimum atomic E-state index is -1.05. The van der Waals surface area contributed by atoms with Crippen molar-refractivity contribution in [2.75, 3.05) is 13.1 Å². The van der Waals surface area contributed by atoms with Gasteiger partial charge in [-0.2, -0.15) is 0 Å². The van der Waals surface area contributed by atoms with E-state index in [1.54, 1.807) is 18.2 Å². The van der Waals surface area contributed by atoms with Crippen LogP contribution in [0.2, 0.25) is 0 Å². The number of carboxylic acid groups (broad SMARTS) is 1. The second-order valence-electron chi connectivity index (χ2n) is 9.66. The average Bonchev–Trinajstić information content (AvgIpc) is 3.56. The molecule has 2 saturated carbocycles. The first kappa shape index (κ1) is 23.3. The maximum Gasteiger partial charge on any atom is 0.305 e. The third-order valence-electron chi connectivity index (χ3n) is 7.08. The zero-order valence-electron chi connectivity index (χ0n) is 19.2. The van der Waals surface area contributed by atoms with E-state index in [2.05, 4.69) is 5.32 Å². The fraction of sp³-hybridized carbons (Fsp3) is 0.600. The number of hydrogen-bond acceptors (Lipinski definition) is 4. The molecule has 0 aromatic heterocycles. The molecule has 33 heavy (non-hydrogen) atoms. The largest absolute Gasteiger partial charge is 0.481 e. The molecule has 1 aromatic carbocycles. The van der Waals surface area contributed by atoms with Crippen LogP contribution < -0.4 is 5.32 Å². The molecule has 4 rings (SSSR count). The Morgan fingerprint density at radius 3 is 2.36 bits per heavy atom. The number of benzene rings is 1. The SMILES string of the molecule is Cc1cccc(C(=O)N2CCN(C(=O)C3CC3)C2C(=O)NC(CC(=O)O)C2CCCCC2)c1. The van der Waals surface area contributed by atoms with Gasteiger partial charge in [0.25, 0.3) is 11.8 Å². The predicted octanol–water partition coefficient (Wildman–Crippen LogP) is 2.56. The summed E-state index contributed by atoms with van der Waals surface area (Å²) >= 11 is 0. The first-order chi connectivity index (χ1) is 15.8. The number of aryl methyl sites for hydroxylation is 1. The van der Waals surface area contributed by atoms with Gasteiger partial charge >= 0.3 is 5.97 Å². The van der Waals surface area contributed by atoms with Crippen molar-refractivity contribution >= 4 is 23.7 Å². The lowest BCUT2D eigenvalue weighted by molar-refractivity contribution is -0.143. The van der Waals surface area contributed by atoms with E-state index in [1.807, 2.05) is 13.0 Å². The third kappa shape index (κ3) is 5.37. The van der Waals surface area contributed by atoms with E-state index in [1.165, 1.54) is 9.80 Å². The standard InChI is InChI=1S/C25H33N3O5/c1-16-6-5-9-19(14-16)25(33)28-13-12-27(24(32)18-10-11-18)23(28)22(31)26-20(15-21(29)30)17-7-3-2-4-8-17/h5-6,9,14,17-18,20,23H,2-4,7-8,10-13,15H2,1H3,(H,26,31)(H,29,30). The van der Waals surface area contributed by atoms with Crippen molar-refractivity contribution in [1.29, 1.82) is 0 Å². The summed E-state index contributed by atoms with van der Waals surface area (Å²) in [4.78, 5) is 54.4. The zero-order valence-corrected chi connectivity index (χ0v) is 19.2. The summed E-state index contributed by atoms with van der Waals surface area (Å²) in [6, 6.07) is 6.68. The summed E-state index contributed by atoms with van der Waals surface area (Å²) in [5, 5.41) is 12.4. The molecule has 0 spiro atoms. The Bertz CT molecular complexity index is 922. The van der Waals surface area contributed by atoms with Gasteiger partial charge in [-0.05, 0) is 50.7 Å². The molecular weight excluding hydrogens is 422 g/mol. The van der Waals surface area contributed by atoms with E-state index < -0.39 is 24.1 Å². The Kier molecular flexibility index (Phi) is 7.00. The molecule has 3 fully saturated rings. The molecule has 8 nitrogen and oxygen atoms in total. The van der Waals surface area contributed by atoms with Crippen LogP contribution in [0.1, 0.15) is 67.3 Å². The van der Waals surface area contributed by atoms with Crippen molar-refractivity contribution in [3.8, 4) is 0 Å². The predicted molar refractivity (Wildman–Crippen MR) is 121 cm³/mol. The number of rotatable bonds is 7. The maximum atomic E-state index is 13.6. The van der Waals surface area contributed by atoms with Gasteiger partial charge in [0.05, 0.1) is 6.42 Å². The molecule has 1 aliphatic heterocycles. The van der Waals surface area contributed by atoms with Gasteiger partial charge in [-0.15, -0.1) is 0 Å². The maximum absolute atomic E-state index is 13.6. The smallest absolute Gasteiger partial charge is 0.305 e. The molecule has 2 unspecified atom stereocenters. The molecule has 1 aromatic rings. The van der Waals surface area contributed by atoms with Gasteiger partial charge in [0, 0.05) is 30.6 Å². The van der Waals surface area contributed by atoms with Gasteiger partial charge < -0.3 is 20.2 Å². The molecule has 178 valence electrons. The van der Waals surface area contributed by atoms with Crippen LogP contribution in [-0.2, 0) is 14.4 Å². The molecule has 3 amide bonds. The topological polar surface area (TPSA) is 107 Å². The van der Waals surface area contributed by atoms with Gasteiger partial charge in [0.15, 0.2) is 6.17 Å². The van der Waals surface area contributed by atoms with E-state index >= 15 is 0 Å². The summed E-state index contributed by atoms with van der Waals surface area (Å²) in [7, 11) is 0. The molecule has 3 aliphatic rings. The molecule has 2 atom stereocenters. The highest BCUT2D eigenvalue weighted by Crippen LogP contribution is 2.34. The Balaban J connectivity index is 1.57. The first-order valence-electron chi connectivity index (χ1n) is 12.1. The molecular formula is C25H33N3O5. The molecule has 1 saturated heterocycles. The van der Waals surface area contributed by atoms with Gasteiger partial charge in [0.2, 0.25) is 5.91 Å². The monoisotopic (exact) mass is 455 g/mol. The number of hydrogen-bond donors (Lipinski definition) is 2. The zero-order chi connectivity index (χ0) is 23.5. The lowest BCUT2D eigenvalue weighted by Crippen LogP contribution is -2.57. The van der Waals surface area contributed by atoms with Crippen molar-refractivity contribution in [3.63, 3.8) is 0 Å². The number of aliphatic carboxylic acids is 1. The summed E-state index contributed by atoms with van der Waals surface area (Å²) < 4.78 is 0. The Morgan fingerprint density at radius 2 is 1.73 bits per heavy atom. The van der Waals surface area contributed by atoms with Crippen LogP contribution in [0.5, 0.6) is 0 Å². The Labute approximate surface area is 194 Å². The van der Waals surface area contributed by atoms with Crippen molar-refractivity contribution in [2.24, 2.45) is 11.8 Å². The lowest BCUT2D eigenvalue weighted by atomic mass is 9.82. The van der Waals surface area contributed by atoms with Crippen LogP contribution in [0.25, 0.3) is 0 Å². The van der Waals surface area contributed by atoms with Gasteiger partial charge in [0.1, 0.15) is 0 Å². The van der Waals surface area contributed by atoms with Crippen molar-refractivity contribution < 1.29 is 24.3 Å². The molecule has 1 heterocycles. The number of nitrogens with one attached hydrogen (secondary N) is 1. The molecule has 2 N–H and O–H groups in total. The second kappa shape index (κ2) is 9.93. The van der Waals surface area contributed by atoms with Crippen LogP contribution in [0.3, 0.4) is 0 Å². The fourth-order valence-electron chi connectivity index (χ4n) is 5.18. The number of amides is 3. The van der Waals surface area contributed by atoms with Crippen molar-refractivity contribution in [2.45, 2.75) is 70.5 Å². The van der Waals surface area contributed by atoms with E-state index in [9.17, 15) is 24.3 Å². The van der Waals surface area contributed by atoms with Crippen LogP contribution in [0.4, 0.5) is 0 Å². The summed E-state index contributed by atoms with van der Waals surface area (Å²) in [6.45, 7) is 2.48. The Hall–Kier alpha value is -2.90. The summed E-state index contributed by atoms with van der Waals surface area (Å²) in [5.74, 6) is -1.80. The van der Waals surface area contributed by atoms with E-state index in [0.29, 0.717) is 12.1 Å². The van der Waals surface area contributed by atoms with E-state index in [4.69, 9.17) is 0 Å². The van der Waals surface area contributed by atoms with E-state index in [0.717, 1.165) is 50.5 Å². The fourth-order valence-corrected chi connectivity index (χ4v) is 5.18. The van der Waals surface area contributed by atoms with Gasteiger partial charge in [-0.3, -0.25) is 19.2 Å². The highest BCUT2D eigenvalue weighted by molar-refractivity contribution is 5.99. The molecule has 2 aliphatic carbocycles. The number of carbonyl (C=O) groups is 4. The lowest BCUT2D eigenvalue weighted by Gasteiger charge is -2.34. The van der Waals surface area contributed by atoms with Crippen LogP contribution >= 0.6 is 0 Å². The summed E-state index contributed by atoms with van der Waals surface area (Å²) in [5.41, 5.74) is 1.41. The molecule has 8 heteroatoms. The minimum Gasteiger partial charge on any atom is -0.481 e. The highest BCUT2D eigenvalue weighted by atomic mass is 16.4. The van der Waals surface area contributed by atoms with Gasteiger partial charge in [-0.1, -0.05) is 37.0 Å². The third-order valence-corrected chi connectivity index (χ3v) is 7.08. The Morgan fingerprint density at radius 1 is 1.03 bits per heavy atom. The number of nitrogens with zero attached hydrogens (tertiary/aromatic N) is 2. The number of carbonyl (C=O) groups excluding carboxylic acids is 3. The quantitative estimate of drug-likeness (QED) is 0.657. The van der Waals surface area contributed by atoms with Crippen LogP contribution in [0.15, 0.2) is 24.3 Å². The first-order valence-corrected chi connectivity index (χ1v) is 12.1. The van der Waals surface area contributed by atoms with Crippen molar-refractivity contribution in [1.82, 2.24) is 15.1 Å².